The van der Waals surface area contributed by atoms with Gasteiger partial charge in [0.2, 0.25) is 0 Å². The zero-order chi connectivity index (χ0) is 17.9. The molecule has 2 aliphatic heterocycles. The maximum absolute atomic E-state index is 14.9. The highest BCUT2D eigenvalue weighted by molar-refractivity contribution is 6.09. The third-order valence-electron chi connectivity index (χ3n) is 5.66. The van der Waals surface area contributed by atoms with Gasteiger partial charge in [-0.15, -0.1) is 0 Å². The second-order valence-corrected chi connectivity index (χ2v) is 7.53. The van der Waals surface area contributed by atoms with Crippen LogP contribution < -0.4 is 20.9 Å². The summed E-state index contributed by atoms with van der Waals surface area (Å²) in [6.45, 7) is 5.23. The van der Waals surface area contributed by atoms with E-state index in [0.29, 0.717) is 35.0 Å². The number of quaternary nitrogens is 1. The Morgan fingerprint density at radius 2 is 2.00 bits per heavy atom. The van der Waals surface area contributed by atoms with Gasteiger partial charge in [-0.3, -0.25) is 4.90 Å². The third kappa shape index (κ3) is 2.62. The summed E-state index contributed by atoms with van der Waals surface area (Å²) >= 11 is 0. The molecule has 1 aromatic rings. The first-order valence-electron chi connectivity index (χ1n) is 8.94. The lowest BCUT2D eigenvalue weighted by atomic mass is 10.00. The molecular formula is C18H24FN4O2+. The summed E-state index contributed by atoms with van der Waals surface area (Å²) in [7, 11) is 0. The third-order valence-corrected chi connectivity index (χ3v) is 5.66. The van der Waals surface area contributed by atoms with Gasteiger partial charge in [0, 0.05) is 30.7 Å². The van der Waals surface area contributed by atoms with Crippen molar-refractivity contribution in [3.63, 3.8) is 0 Å². The number of nitrogens with zero attached hydrogens (tertiary/aromatic N) is 2. The molecule has 4 N–H and O–H groups in total. The largest absolute Gasteiger partial charge is 0.428 e. The predicted molar refractivity (Wildman–Crippen MR) is 92.3 cm³/mol. The normalized spacial score (nSPS) is 24.7. The van der Waals surface area contributed by atoms with Gasteiger partial charge in [-0.1, -0.05) is 0 Å². The zero-order valence-electron chi connectivity index (χ0n) is 14.6. The highest BCUT2D eigenvalue weighted by Crippen LogP contribution is 2.42. The van der Waals surface area contributed by atoms with E-state index in [4.69, 9.17) is 5.73 Å². The van der Waals surface area contributed by atoms with Crippen molar-refractivity contribution in [1.82, 2.24) is 0 Å². The second-order valence-electron chi connectivity index (χ2n) is 7.53. The van der Waals surface area contributed by atoms with Crippen LogP contribution in [0.1, 0.15) is 42.1 Å². The van der Waals surface area contributed by atoms with E-state index in [-0.39, 0.29) is 18.1 Å². The Kier molecular flexibility index (Phi) is 3.81. The van der Waals surface area contributed by atoms with Gasteiger partial charge in [-0.05, 0) is 45.1 Å². The van der Waals surface area contributed by atoms with Crippen molar-refractivity contribution < 1.29 is 19.3 Å². The standard InChI is InChI=1S/C18H23FN4O2/c1-9-15-13(17(24)21-18(25)23(15)12-3-4-12)7-14(19)16(9)22-6-5-11(8-22)10(2)20/h7,10-12H,3-6,8,20H2,1-2H3,(H,21,24,25)/p+1/t10-,11?/m0/s1. The van der Waals surface area contributed by atoms with Gasteiger partial charge in [0.1, 0.15) is 11.4 Å². The molecule has 1 aliphatic carbocycles. The minimum absolute atomic E-state index is 0.0618. The smallest absolute Gasteiger partial charge is 0.369 e. The van der Waals surface area contributed by atoms with Crippen LogP contribution in [-0.4, -0.2) is 37.1 Å². The van der Waals surface area contributed by atoms with Crippen molar-refractivity contribution in [2.75, 3.05) is 22.9 Å². The Morgan fingerprint density at radius 3 is 2.60 bits per heavy atom. The molecule has 1 unspecified atom stereocenters. The van der Waals surface area contributed by atoms with E-state index in [1.165, 1.54) is 6.07 Å². The summed E-state index contributed by atoms with van der Waals surface area (Å²) in [5.74, 6) is -0.472. The van der Waals surface area contributed by atoms with E-state index in [1.54, 1.807) is 4.90 Å². The Bertz CT molecular complexity index is 760. The van der Waals surface area contributed by atoms with Crippen LogP contribution in [0, 0.1) is 18.7 Å². The SMILES string of the molecule is Cc1c(N2CCC([C@H](C)N)C2)c(F)cc2c1N(C1CC1)C(=O)[NH2+]C2=O. The lowest BCUT2D eigenvalue weighted by Gasteiger charge is -2.31. The summed E-state index contributed by atoms with van der Waals surface area (Å²) in [6, 6.07) is 1.21. The number of carbonyl (C=O) groups is 2. The van der Waals surface area contributed by atoms with Gasteiger partial charge in [0.25, 0.3) is 0 Å². The summed E-state index contributed by atoms with van der Waals surface area (Å²) in [5, 5.41) is 1.08. The minimum Gasteiger partial charge on any atom is -0.369 e. The van der Waals surface area contributed by atoms with Crippen molar-refractivity contribution >= 4 is 23.3 Å². The maximum Gasteiger partial charge on any atom is 0.428 e. The van der Waals surface area contributed by atoms with Crippen molar-refractivity contribution in [3.8, 4) is 0 Å². The molecule has 3 amide bonds. The van der Waals surface area contributed by atoms with E-state index < -0.39 is 11.7 Å². The fraction of sp³-hybridized carbons (Fsp3) is 0.556. The van der Waals surface area contributed by atoms with E-state index in [1.807, 2.05) is 18.7 Å². The molecule has 25 heavy (non-hydrogen) atoms. The van der Waals surface area contributed by atoms with Crippen LogP contribution in [0.4, 0.5) is 20.6 Å². The average molecular weight is 347 g/mol. The second kappa shape index (κ2) is 5.78. The number of primary amides is 2. The predicted octanol–water partition coefficient (Wildman–Crippen LogP) is 1.11. The van der Waals surface area contributed by atoms with Crippen LogP contribution in [0.25, 0.3) is 0 Å². The van der Waals surface area contributed by atoms with Gasteiger partial charge in [0.05, 0.1) is 11.4 Å². The van der Waals surface area contributed by atoms with E-state index in [9.17, 15) is 14.0 Å². The van der Waals surface area contributed by atoms with Crippen LogP contribution in [0.2, 0.25) is 0 Å². The number of halogens is 1. The van der Waals surface area contributed by atoms with Crippen molar-refractivity contribution in [1.29, 1.82) is 0 Å². The molecule has 1 saturated heterocycles. The number of rotatable bonds is 3. The summed E-state index contributed by atoms with van der Waals surface area (Å²) < 4.78 is 14.9. The number of anilines is 2. The molecule has 2 fully saturated rings. The molecule has 3 aliphatic rings. The summed E-state index contributed by atoms with van der Waals surface area (Å²) in [6.07, 6.45) is 2.78. The van der Waals surface area contributed by atoms with E-state index in [2.05, 4.69) is 0 Å². The summed E-state index contributed by atoms with van der Waals surface area (Å²) in [4.78, 5) is 28.3. The molecule has 2 atom stereocenters. The molecule has 0 bridgehead atoms. The zero-order valence-corrected chi connectivity index (χ0v) is 14.6. The number of benzene rings is 1. The fourth-order valence-electron chi connectivity index (χ4n) is 4.13. The molecule has 134 valence electrons. The highest BCUT2D eigenvalue weighted by atomic mass is 19.1. The quantitative estimate of drug-likeness (QED) is 0.858. The Balaban J connectivity index is 1.80. The molecule has 6 nitrogen and oxygen atoms in total. The maximum atomic E-state index is 14.9. The van der Waals surface area contributed by atoms with E-state index in [0.717, 1.165) is 31.1 Å². The fourth-order valence-corrected chi connectivity index (χ4v) is 4.13. The lowest BCUT2D eigenvalue weighted by Crippen LogP contribution is -2.96. The lowest BCUT2D eigenvalue weighted by molar-refractivity contribution is -0.449. The van der Waals surface area contributed by atoms with Crippen LogP contribution >= 0.6 is 0 Å². The highest BCUT2D eigenvalue weighted by Gasteiger charge is 2.45. The Morgan fingerprint density at radius 1 is 1.28 bits per heavy atom. The van der Waals surface area contributed by atoms with Crippen LogP contribution in [0.15, 0.2) is 6.07 Å². The van der Waals surface area contributed by atoms with Crippen molar-refractivity contribution in [2.24, 2.45) is 11.7 Å². The van der Waals surface area contributed by atoms with Gasteiger partial charge in [0.15, 0.2) is 0 Å². The van der Waals surface area contributed by atoms with Crippen LogP contribution in [0.3, 0.4) is 0 Å². The number of amides is 3. The Hall–Kier alpha value is -1.99. The molecule has 1 saturated carbocycles. The first-order valence-corrected chi connectivity index (χ1v) is 8.94. The molecule has 4 rings (SSSR count). The monoisotopic (exact) mass is 347 g/mol. The molecule has 7 heteroatoms. The molecule has 0 spiro atoms. The topological polar surface area (TPSA) is 83.2 Å². The van der Waals surface area contributed by atoms with Gasteiger partial charge >= 0.3 is 11.9 Å². The number of urea groups is 1. The van der Waals surface area contributed by atoms with Crippen molar-refractivity contribution in [2.45, 2.75) is 45.2 Å². The van der Waals surface area contributed by atoms with E-state index >= 15 is 0 Å². The molecule has 2 heterocycles. The average Bonchev–Trinajstić information content (AvgIpc) is 3.25. The van der Waals surface area contributed by atoms with Gasteiger partial charge in [-0.25, -0.2) is 14.0 Å². The molecule has 1 aromatic carbocycles. The number of carbonyl (C=O) groups excluding carboxylic acids is 2. The molecule has 0 aromatic heterocycles. The van der Waals surface area contributed by atoms with Gasteiger partial charge < -0.3 is 10.6 Å². The summed E-state index contributed by atoms with van der Waals surface area (Å²) in [5.41, 5.74) is 8.10. The van der Waals surface area contributed by atoms with Crippen LogP contribution in [0.5, 0.6) is 0 Å². The van der Waals surface area contributed by atoms with Crippen LogP contribution in [-0.2, 0) is 0 Å². The number of nitrogens with two attached hydrogens (primary N) is 2. The number of imide groups is 1. The first kappa shape index (κ1) is 16.5. The van der Waals surface area contributed by atoms with Gasteiger partial charge in [-0.2, -0.15) is 5.32 Å². The first-order chi connectivity index (χ1) is 11.9. The molecular weight excluding hydrogens is 323 g/mol. The minimum atomic E-state index is -0.402. The van der Waals surface area contributed by atoms with Crippen molar-refractivity contribution in [3.05, 3.63) is 23.0 Å². The number of hydrogen-bond acceptors (Lipinski definition) is 4. The number of hydrogen-bond donors (Lipinski definition) is 2. The molecule has 0 radical (unpaired) electrons. The Labute approximate surface area is 146 Å². The number of fused-ring (bicyclic) bond motifs is 1.